The number of aromatic nitrogens is 2. The molecule has 0 radical (unpaired) electrons. The summed E-state index contributed by atoms with van der Waals surface area (Å²) in [5.41, 5.74) is 2.75. The number of alkyl halides is 3. The molecule has 1 amide bonds. The zero-order valence-electron chi connectivity index (χ0n) is 17.1. The summed E-state index contributed by atoms with van der Waals surface area (Å²) in [5, 5.41) is 4.36. The van der Waals surface area contributed by atoms with Crippen molar-refractivity contribution >= 4 is 11.9 Å². The lowest BCUT2D eigenvalue weighted by atomic mass is 10.2. The second-order valence-corrected chi connectivity index (χ2v) is 7.68. The molecule has 0 spiro atoms. The van der Waals surface area contributed by atoms with Crippen LogP contribution in [-0.2, 0) is 9.53 Å². The van der Waals surface area contributed by atoms with Crippen LogP contribution in [0.5, 0.6) is 0 Å². The fraction of sp³-hybridized carbons (Fsp3) is 0.476. The van der Waals surface area contributed by atoms with Crippen molar-refractivity contribution in [3.8, 4) is 5.69 Å². The van der Waals surface area contributed by atoms with E-state index in [1.165, 1.54) is 12.1 Å². The molecule has 3 rings (SSSR count). The minimum Gasteiger partial charge on any atom is -0.452 e. The fourth-order valence-corrected chi connectivity index (χ4v) is 3.41. The zero-order valence-corrected chi connectivity index (χ0v) is 17.1. The van der Waals surface area contributed by atoms with Crippen molar-refractivity contribution in [3.63, 3.8) is 0 Å². The molecule has 1 aromatic carbocycles. The van der Waals surface area contributed by atoms with Crippen LogP contribution in [0.4, 0.5) is 13.2 Å². The number of aryl methyl sites for hydroxylation is 2. The number of carbonyl (C=O) groups is 2. The molecule has 1 saturated carbocycles. The van der Waals surface area contributed by atoms with E-state index in [0.29, 0.717) is 0 Å². The number of esters is 1. The number of rotatable bonds is 7. The predicted octanol–water partition coefficient (Wildman–Crippen LogP) is 3.84. The van der Waals surface area contributed by atoms with E-state index in [9.17, 15) is 22.8 Å². The Morgan fingerprint density at radius 3 is 2.37 bits per heavy atom. The number of halogens is 3. The van der Waals surface area contributed by atoms with E-state index in [1.807, 2.05) is 19.9 Å². The minimum absolute atomic E-state index is 0.0638. The van der Waals surface area contributed by atoms with Gasteiger partial charge in [0.15, 0.2) is 6.61 Å². The highest BCUT2D eigenvalue weighted by atomic mass is 19.4. The van der Waals surface area contributed by atoms with Crippen LogP contribution in [0.25, 0.3) is 5.69 Å². The molecule has 162 valence electrons. The van der Waals surface area contributed by atoms with Gasteiger partial charge in [-0.05, 0) is 69.9 Å². The Morgan fingerprint density at radius 2 is 1.87 bits per heavy atom. The summed E-state index contributed by atoms with van der Waals surface area (Å²) >= 11 is 0. The van der Waals surface area contributed by atoms with Crippen molar-refractivity contribution in [2.45, 2.75) is 45.8 Å². The molecule has 0 N–H and O–H groups in total. The molecule has 1 atom stereocenters. The van der Waals surface area contributed by atoms with Crippen LogP contribution in [0.3, 0.4) is 0 Å². The maximum Gasteiger partial charge on any atom is 0.406 e. The molecule has 0 aliphatic heterocycles. The van der Waals surface area contributed by atoms with Crippen molar-refractivity contribution in [2.24, 2.45) is 5.92 Å². The molecule has 1 aliphatic rings. The first kappa shape index (κ1) is 21.9. The largest absolute Gasteiger partial charge is 0.452 e. The molecule has 0 saturated heterocycles. The molecule has 1 aliphatic carbocycles. The van der Waals surface area contributed by atoms with Gasteiger partial charge in [-0.3, -0.25) is 4.79 Å². The van der Waals surface area contributed by atoms with Crippen LogP contribution < -0.4 is 0 Å². The van der Waals surface area contributed by atoms with Gasteiger partial charge in [0.2, 0.25) is 0 Å². The lowest BCUT2D eigenvalue weighted by Crippen LogP contribution is -2.47. The van der Waals surface area contributed by atoms with Gasteiger partial charge in [0.05, 0.1) is 16.9 Å². The zero-order chi connectivity index (χ0) is 22.1. The first-order valence-corrected chi connectivity index (χ1v) is 9.72. The molecule has 30 heavy (non-hydrogen) atoms. The van der Waals surface area contributed by atoms with E-state index in [1.54, 1.807) is 23.7 Å². The van der Waals surface area contributed by atoms with Gasteiger partial charge in [-0.1, -0.05) is 0 Å². The highest BCUT2D eigenvalue weighted by Crippen LogP contribution is 2.36. The van der Waals surface area contributed by atoms with Crippen LogP contribution in [0.2, 0.25) is 0 Å². The van der Waals surface area contributed by atoms with E-state index >= 15 is 0 Å². The van der Waals surface area contributed by atoms with Gasteiger partial charge in [-0.25, -0.2) is 9.48 Å². The first-order chi connectivity index (χ1) is 14.0. The van der Waals surface area contributed by atoms with E-state index in [-0.39, 0.29) is 11.5 Å². The third kappa shape index (κ3) is 5.40. The Bertz CT molecular complexity index is 918. The van der Waals surface area contributed by atoms with Crippen LogP contribution in [0.1, 0.15) is 41.5 Å². The van der Waals surface area contributed by atoms with Crippen LogP contribution in [-0.4, -0.2) is 51.9 Å². The summed E-state index contributed by atoms with van der Waals surface area (Å²) in [5.74, 6) is -1.55. The van der Waals surface area contributed by atoms with Gasteiger partial charge in [0.1, 0.15) is 6.54 Å². The minimum atomic E-state index is -4.51. The summed E-state index contributed by atoms with van der Waals surface area (Å²) in [6.07, 6.45) is -2.92. The van der Waals surface area contributed by atoms with Crippen molar-refractivity contribution in [1.82, 2.24) is 14.7 Å². The lowest BCUT2D eigenvalue weighted by Gasteiger charge is -2.30. The Hall–Kier alpha value is -2.84. The van der Waals surface area contributed by atoms with Gasteiger partial charge in [0.25, 0.3) is 5.91 Å². The quantitative estimate of drug-likeness (QED) is 0.635. The average Bonchev–Trinajstić information content (AvgIpc) is 3.47. The highest BCUT2D eigenvalue weighted by Gasteiger charge is 2.40. The average molecular weight is 423 g/mol. The Balaban J connectivity index is 1.62. The summed E-state index contributed by atoms with van der Waals surface area (Å²) in [7, 11) is 0. The third-order valence-electron chi connectivity index (χ3n) is 5.15. The maximum atomic E-state index is 12.9. The van der Waals surface area contributed by atoms with Crippen LogP contribution >= 0.6 is 0 Å². The second kappa shape index (κ2) is 8.49. The number of amides is 1. The van der Waals surface area contributed by atoms with Crippen LogP contribution in [0, 0.1) is 19.8 Å². The third-order valence-corrected chi connectivity index (χ3v) is 5.15. The summed E-state index contributed by atoms with van der Waals surface area (Å²) < 4.78 is 45.3. The highest BCUT2D eigenvalue weighted by molar-refractivity contribution is 5.91. The van der Waals surface area contributed by atoms with Gasteiger partial charge in [0, 0.05) is 11.7 Å². The topological polar surface area (TPSA) is 64.4 Å². The Labute approximate surface area is 172 Å². The van der Waals surface area contributed by atoms with E-state index in [2.05, 4.69) is 5.10 Å². The van der Waals surface area contributed by atoms with Crippen molar-refractivity contribution in [1.29, 1.82) is 0 Å². The SMILES string of the molecule is Cc1cc(C)n(-c2ccc(C(=O)OCC(=O)N(CC(F)(F)F)C(C)C3CC3)cc2)n1. The van der Waals surface area contributed by atoms with Crippen molar-refractivity contribution < 1.29 is 27.5 Å². The summed E-state index contributed by atoms with van der Waals surface area (Å²) in [6.45, 7) is 3.30. The normalized spacial score (nSPS) is 15.0. The number of nitrogens with zero attached hydrogens (tertiary/aromatic N) is 3. The molecule has 2 aromatic rings. The predicted molar refractivity (Wildman–Crippen MR) is 103 cm³/mol. The van der Waals surface area contributed by atoms with Gasteiger partial charge < -0.3 is 9.64 Å². The van der Waals surface area contributed by atoms with Crippen molar-refractivity contribution in [2.75, 3.05) is 13.2 Å². The Kier molecular flexibility index (Phi) is 6.19. The smallest absolute Gasteiger partial charge is 0.406 e. The number of hydrogen-bond acceptors (Lipinski definition) is 4. The van der Waals surface area contributed by atoms with Crippen molar-refractivity contribution in [3.05, 3.63) is 47.3 Å². The number of hydrogen-bond donors (Lipinski definition) is 0. The second-order valence-electron chi connectivity index (χ2n) is 7.68. The van der Waals surface area contributed by atoms with Crippen LogP contribution in [0.15, 0.2) is 30.3 Å². The van der Waals surface area contributed by atoms with E-state index < -0.39 is 37.2 Å². The number of carbonyl (C=O) groups excluding carboxylic acids is 2. The number of benzene rings is 1. The monoisotopic (exact) mass is 423 g/mol. The van der Waals surface area contributed by atoms with E-state index in [4.69, 9.17) is 4.74 Å². The van der Waals surface area contributed by atoms with Gasteiger partial charge >= 0.3 is 12.1 Å². The molecular weight excluding hydrogens is 399 g/mol. The molecule has 9 heteroatoms. The molecular formula is C21H24F3N3O3. The fourth-order valence-electron chi connectivity index (χ4n) is 3.41. The molecule has 1 heterocycles. The first-order valence-electron chi connectivity index (χ1n) is 9.72. The summed E-state index contributed by atoms with van der Waals surface area (Å²) in [4.78, 5) is 25.4. The molecule has 0 bridgehead atoms. The standard InChI is InChI=1S/C21H24F3N3O3/c1-13-10-14(2)27(25-13)18-8-6-17(7-9-18)20(29)30-11-19(28)26(12-21(22,23)24)15(3)16-4-5-16/h6-10,15-16H,4-5,11-12H2,1-3H3. The Morgan fingerprint density at radius 1 is 1.23 bits per heavy atom. The summed E-state index contributed by atoms with van der Waals surface area (Å²) in [6, 6.07) is 7.80. The molecule has 1 unspecified atom stereocenters. The molecule has 6 nitrogen and oxygen atoms in total. The molecule has 1 aromatic heterocycles. The van der Waals surface area contributed by atoms with Gasteiger partial charge in [-0.2, -0.15) is 18.3 Å². The number of ether oxygens (including phenoxy) is 1. The molecule has 1 fully saturated rings. The van der Waals surface area contributed by atoms with Gasteiger partial charge in [-0.15, -0.1) is 0 Å². The maximum absolute atomic E-state index is 12.9. The van der Waals surface area contributed by atoms with E-state index in [0.717, 1.165) is 34.8 Å². The lowest BCUT2D eigenvalue weighted by molar-refractivity contribution is -0.167.